The van der Waals surface area contributed by atoms with Crippen LogP contribution in [0.25, 0.3) is 6.08 Å². The summed E-state index contributed by atoms with van der Waals surface area (Å²) in [7, 11) is 2.54. The third kappa shape index (κ3) is 6.80. The van der Waals surface area contributed by atoms with Crippen LogP contribution in [0.5, 0.6) is 5.75 Å². The Labute approximate surface area is 200 Å². The van der Waals surface area contributed by atoms with Gasteiger partial charge < -0.3 is 19.5 Å². The van der Waals surface area contributed by atoms with Crippen molar-refractivity contribution in [1.82, 2.24) is 0 Å². The lowest BCUT2D eigenvalue weighted by atomic mass is 10.1. The normalized spacial score (nSPS) is 10.6. The Kier molecular flexibility index (Phi) is 9.02. The van der Waals surface area contributed by atoms with Crippen molar-refractivity contribution in [3.05, 3.63) is 61.1 Å². The number of hydrogen-bond donors (Lipinski definition) is 1. The van der Waals surface area contributed by atoms with Gasteiger partial charge in [0.2, 0.25) is 0 Å². The van der Waals surface area contributed by atoms with Crippen molar-refractivity contribution < 1.29 is 28.6 Å². The fourth-order valence-electron chi connectivity index (χ4n) is 2.31. The molecule has 0 heterocycles. The molecule has 1 amide bonds. The highest BCUT2D eigenvalue weighted by molar-refractivity contribution is 14.1. The Morgan fingerprint density at radius 3 is 2.39 bits per heavy atom. The third-order valence-corrected chi connectivity index (χ3v) is 5.21. The fraction of sp³-hybridized carbons (Fsp3) is 0.143. The molecule has 0 atom stereocenters. The zero-order valence-electron chi connectivity index (χ0n) is 16.4. The smallest absolute Gasteiger partial charge is 0.343 e. The first-order chi connectivity index (χ1) is 14.8. The zero-order chi connectivity index (χ0) is 23.0. The van der Waals surface area contributed by atoms with Crippen LogP contribution in [0.2, 0.25) is 0 Å². The van der Waals surface area contributed by atoms with Gasteiger partial charge in [-0.3, -0.25) is 4.79 Å². The first-order valence-corrected chi connectivity index (χ1v) is 10.5. The lowest BCUT2D eigenvalue weighted by Crippen LogP contribution is -2.14. The molecule has 0 aromatic heterocycles. The van der Waals surface area contributed by atoms with Crippen LogP contribution < -0.4 is 10.1 Å². The number of methoxy groups -OCH3 is 2. The Morgan fingerprint density at radius 1 is 1.16 bits per heavy atom. The van der Waals surface area contributed by atoms with Gasteiger partial charge in [-0.1, -0.05) is 0 Å². The second-order valence-corrected chi connectivity index (χ2v) is 7.89. The van der Waals surface area contributed by atoms with Crippen molar-refractivity contribution in [3.63, 3.8) is 0 Å². The van der Waals surface area contributed by atoms with E-state index in [0.717, 1.165) is 0 Å². The number of carbonyl (C=O) groups is 3. The largest absolute Gasteiger partial charge is 0.480 e. The lowest BCUT2D eigenvalue weighted by Gasteiger charge is -2.11. The molecule has 10 heteroatoms. The van der Waals surface area contributed by atoms with Crippen LogP contribution in [0, 0.1) is 14.9 Å². The maximum atomic E-state index is 12.5. The molecule has 0 bridgehead atoms. The van der Waals surface area contributed by atoms with E-state index in [4.69, 9.17) is 4.74 Å². The molecule has 0 aliphatic carbocycles. The predicted molar refractivity (Wildman–Crippen MR) is 124 cm³/mol. The standard InChI is InChI=1S/C21H16BrIN2O6/c1-29-18(26)11-31-19-16(22)8-12(9-17(19)23)7-14(10-24)20(27)25-15-5-3-13(4-6-15)21(28)30-2/h3-9H,11H2,1-2H3,(H,25,27)/b14-7+. The average molecular weight is 599 g/mol. The molecule has 0 aliphatic rings. The molecule has 0 spiro atoms. The summed E-state index contributed by atoms with van der Waals surface area (Å²) in [5.74, 6) is -1.17. The molecule has 0 radical (unpaired) electrons. The number of esters is 2. The SMILES string of the molecule is COC(=O)COc1c(Br)cc(/C=C(\C#N)C(=O)Nc2ccc(C(=O)OC)cc2)cc1I. The van der Waals surface area contributed by atoms with E-state index in [1.54, 1.807) is 12.1 Å². The molecule has 2 aromatic rings. The van der Waals surface area contributed by atoms with Gasteiger partial charge in [-0.15, -0.1) is 0 Å². The van der Waals surface area contributed by atoms with E-state index in [2.05, 4.69) is 30.7 Å². The Bertz CT molecular complexity index is 1050. The van der Waals surface area contributed by atoms with Gasteiger partial charge in [0.15, 0.2) is 6.61 Å². The predicted octanol–water partition coefficient (Wildman–Crippen LogP) is 3.94. The molecule has 2 rings (SSSR count). The molecular formula is C21H16BrIN2O6. The summed E-state index contributed by atoms with van der Waals surface area (Å²) in [4.78, 5) is 35.2. The van der Waals surface area contributed by atoms with Crippen molar-refractivity contribution in [1.29, 1.82) is 5.26 Å². The summed E-state index contributed by atoms with van der Waals surface area (Å²) in [6.07, 6.45) is 1.43. The van der Waals surface area contributed by atoms with Gasteiger partial charge in [-0.25, -0.2) is 9.59 Å². The van der Waals surface area contributed by atoms with Crippen LogP contribution in [0.1, 0.15) is 15.9 Å². The lowest BCUT2D eigenvalue weighted by molar-refractivity contribution is -0.142. The monoisotopic (exact) mass is 598 g/mol. The van der Waals surface area contributed by atoms with Crippen molar-refractivity contribution in [2.45, 2.75) is 0 Å². The third-order valence-electron chi connectivity index (χ3n) is 3.82. The molecule has 31 heavy (non-hydrogen) atoms. The van der Waals surface area contributed by atoms with Gasteiger partial charge >= 0.3 is 11.9 Å². The number of carbonyl (C=O) groups excluding carboxylic acids is 3. The van der Waals surface area contributed by atoms with Crippen molar-refractivity contribution in [2.75, 3.05) is 26.1 Å². The quantitative estimate of drug-likeness (QED) is 0.222. The first-order valence-electron chi connectivity index (χ1n) is 8.59. The van der Waals surface area contributed by atoms with Gasteiger partial charge in [0, 0.05) is 5.69 Å². The van der Waals surface area contributed by atoms with Gasteiger partial charge in [0.05, 0.1) is 27.8 Å². The van der Waals surface area contributed by atoms with E-state index < -0.39 is 17.8 Å². The van der Waals surface area contributed by atoms with Crippen LogP contribution in [-0.2, 0) is 19.1 Å². The molecule has 8 nitrogen and oxygen atoms in total. The number of nitriles is 1. The molecule has 0 unspecified atom stereocenters. The Morgan fingerprint density at radius 2 is 1.84 bits per heavy atom. The number of nitrogens with zero attached hydrogens (tertiary/aromatic N) is 1. The molecule has 0 aliphatic heterocycles. The van der Waals surface area contributed by atoms with Gasteiger partial charge in [0.1, 0.15) is 17.4 Å². The first kappa shape index (κ1) is 24.4. The minimum Gasteiger partial charge on any atom is -0.480 e. The van der Waals surface area contributed by atoms with Crippen LogP contribution in [-0.4, -0.2) is 38.7 Å². The summed E-state index contributed by atoms with van der Waals surface area (Å²) in [6.45, 7) is -0.249. The molecule has 0 fully saturated rings. The topological polar surface area (TPSA) is 115 Å². The van der Waals surface area contributed by atoms with E-state index in [1.807, 2.05) is 28.7 Å². The van der Waals surface area contributed by atoms with Crippen LogP contribution in [0.4, 0.5) is 5.69 Å². The number of benzene rings is 2. The van der Waals surface area contributed by atoms with Crippen molar-refractivity contribution >= 4 is 68.1 Å². The Hall–Kier alpha value is -2.91. The number of ether oxygens (including phenoxy) is 3. The van der Waals surface area contributed by atoms with Crippen LogP contribution >= 0.6 is 38.5 Å². The highest BCUT2D eigenvalue weighted by Crippen LogP contribution is 2.32. The molecule has 160 valence electrons. The average Bonchev–Trinajstić information content (AvgIpc) is 2.76. The summed E-state index contributed by atoms with van der Waals surface area (Å²) < 4.78 is 15.8. The number of halogens is 2. The van der Waals surface area contributed by atoms with E-state index in [-0.39, 0.29) is 12.2 Å². The molecule has 0 saturated carbocycles. The summed E-state index contributed by atoms with van der Waals surface area (Å²) in [5, 5.41) is 12.0. The molecule has 1 N–H and O–H groups in total. The van der Waals surface area contributed by atoms with E-state index >= 15 is 0 Å². The maximum Gasteiger partial charge on any atom is 0.343 e. The van der Waals surface area contributed by atoms with Gasteiger partial charge in [-0.2, -0.15) is 5.26 Å². The highest BCUT2D eigenvalue weighted by Gasteiger charge is 2.14. The summed E-state index contributed by atoms with van der Waals surface area (Å²) in [6, 6.07) is 11.3. The fourth-order valence-corrected chi connectivity index (χ4v) is 4.08. The number of nitrogens with one attached hydrogen (secondary N) is 1. The summed E-state index contributed by atoms with van der Waals surface area (Å²) >= 11 is 5.38. The van der Waals surface area contributed by atoms with E-state index in [1.165, 1.54) is 44.6 Å². The van der Waals surface area contributed by atoms with Crippen molar-refractivity contribution in [2.24, 2.45) is 0 Å². The number of hydrogen-bond acceptors (Lipinski definition) is 7. The summed E-state index contributed by atoms with van der Waals surface area (Å²) in [5.41, 5.74) is 1.21. The van der Waals surface area contributed by atoms with Crippen LogP contribution in [0.3, 0.4) is 0 Å². The number of rotatable bonds is 7. The van der Waals surface area contributed by atoms with Gasteiger partial charge in [-0.05, 0) is 86.6 Å². The second-order valence-electron chi connectivity index (χ2n) is 5.87. The number of amides is 1. The Balaban J connectivity index is 2.18. The maximum absolute atomic E-state index is 12.5. The van der Waals surface area contributed by atoms with E-state index in [9.17, 15) is 19.6 Å². The van der Waals surface area contributed by atoms with Crippen molar-refractivity contribution in [3.8, 4) is 11.8 Å². The highest BCUT2D eigenvalue weighted by atomic mass is 127. The second kappa shape index (κ2) is 11.5. The van der Waals surface area contributed by atoms with Crippen LogP contribution in [0.15, 0.2) is 46.4 Å². The molecular weight excluding hydrogens is 583 g/mol. The minimum absolute atomic E-state index is 0.122. The minimum atomic E-state index is -0.606. The van der Waals surface area contributed by atoms with Gasteiger partial charge in [0.25, 0.3) is 5.91 Å². The van der Waals surface area contributed by atoms with E-state index in [0.29, 0.717) is 30.6 Å². The molecule has 0 saturated heterocycles. The molecule has 2 aromatic carbocycles. The zero-order valence-corrected chi connectivity index (χ0v) is 20.1. The number of anilines is 1.